The number of aromatic nitrogens is 1. The normalized spacial score (nSPS) is 33.8. The molecule has 1 unspecified atom stereocenters. The third-order valence-electron chi connectivity index (χ3n) is 2.53. The average molecular weight is 239 g/mol. The summed E-state index contributed by atoms with van der Waals surface area (Å²) in [6.07, 6.45) is 5.97. The van der Waals surface area contributed by atoms with Gasteiger partial charge < -0.3 is 10.6 Å². The monoisotopic (exact) mass is 239 g/mol. The molecule has 6 heteroatoms. The summed E-state index contributed by atoms with van der Waals surface area (Å²) in [5.74, 6) is 0.171. The summed E-state index contributed by atoms with van der Waals surface area (Å²) < 4.78 is 0. The summed E-state index contributed by atoms with van der Waals surface area (Å²) in [5, 5.41) is 3.00. The molecule has 1 saturated heterocycles. The molecule has 0 spiro atoms. The molecule has 78 valence electrons. The number of nitrogens with zero attached hydrogens (tertiary/aromatic N) is 2. The Morgan fingerprint density at radius 2 is 2.53 bits per heavy atom. The van der Waals surface area contributed by atoms with Crippen molar-refractivity contribution < 1.29 is 4.79 Å². The highest BCUT2D eigenvalue weighted by molar-refractivity contribution is 8.01. The molecule has 4 nitrogen and oxygen atoms in total. The minimum Gasteiger partial charge on any atom is -0.308 e. The molecular formula is C9H9N3OS2. The Bertz CT molecular complexity index is 431. The van der Waals surface area contributed by atoms with Crippen LogP contribution in [0.1, 0.15) is 11.4 Å². The number of β-lactam (4-membered cyclic amide) rings is 1. The Hall–Kier alpha value is -0.850. The van der Waals surface area contributed by atoms with Crippen molar-refractivity contribution in [3.05, 3.63) is 28.9 Å². The van der Waals surface area contributed by atoms with Crippen molar-refractivity contribution >= 4 is 29.0 Å². The number of carbonyl (C=O) groups excluding carboxylic acids is 1. The average Bonchev–Trinajstić information content (AvgIpc) is 2.69. The van der Waals surface area contributed by atoms with Crippen LogP contribution in [0.3, 0.4) is 0 Å². The molecule has 1 aromatic heterocycles. The summed E-state index contributed by atoms with van der Waals surface area (Å²) in [7, 11) is 0. The smallest absolute Gasteiger partial charge is 0.230 e. The van der Waals surface area contributed by atoms with Crippen molar-refractivity contribution in [2.75, 3.05) is 0 Å². The molecule has 0 aliphatic carbocycles. The number of hydrogen-bond acceptors (Lipinski definition) is 5. The number of amides is 1. The van der Waals surface area contributed by atoms with Crippen LogP contribution in [0.4, 0.5) is 0 Å². The van der Waals surface area contributed by atoms with E-state index in [1.807, 2.05) is 11.5 Å². The zero-order valence-corrected chi connectivity index (χ0v) is 9.42. The minimum atomic E-state index is -0.559. The van der Waals surface area contributed by atoms with E-state index >= 15 is 0 Å². The van der Waals surface area contributed by atoms with Crippen LogP contribution in [0.25, 0.3) is 0 Å². The zero-order chi connectivity index (χ0) is 10.5. The first kappa shape index (κ1) is 9.38. The van der Waals surface area contributed by atoms with E-state index in [9.17, 15) is 4.79 Å². The van der Waals surface area contributed by atoms with E-state index in [4.69, 9.17) is 5.73 Å². The van der Waals surface area contributed by atoms with Gasteiger partial charge in [0.15, 0.2) is 0 Å². The van der Waals surface area contributed by atoms with Crippen LogP contribution in [0.15, 0.2) is 23.9 Å². The number of carbonyl (C=O) groups is 1. The molecule has 2 N–H and O–H groups in total. The summed E-state index contributed by atoms with van der Waals surface area (Å²) >= 11 is 3.13. The largest absolute Gasteiger partial charge is 0.308 e. The number of hydrogen-bond donors (Lipinski definition) is 1. The van der Waals surface area contributed by atoms with E-state index < -0.39 is 4.87 Å². The van der Waals surface area contributed by atoms with Crippen LogP contribution in [0.2, 0.25) is 0 Å². The third-order valence-corrected chi connectivity index (χ3v) is 4.97. The summed E-state index contributed by atoms with van der Waals surface area (Å²) in [6.45, 7) is 0. The molecule has 1 aromatic rings. The predicted octanol–water partition coefficient (Wildman–Crippen LogP) is 1.07. The van der Waals surface area contributed by atoms with Gasteiger partial charge in [-0.3, -0.25) is 4.79 Å². The molecule has 0 aromatic carbocycles. The summed E-state index contributed by atoms with van der Waals surface area (Å²) in [6, 6.07) is 0. The van der Waals surface area contributed by atoms with Gasteiger partial charge >= 0.3 is 0 Å². The molecule has 2 aliphatic heterocycles. The molecule has 0 bridgehead atoms. The van der Waals surface area contributed by atoms with Gasteiger partial charge in [0.05, 0.1) is 11.8 Å². The van der Waals surface area contributed by atoms with Crippen molar-refractivity contribution in [2.24, 2.45) is 5.73 Å². The standard InChI is InChI=1S/C9H9N3OS2/c10-9(8-11-2-4-14-8)1-3-12-6(13)5-7(12)15-9/h1-4,7H,5,10H2/t7-,9?/m1/s1. The lowest BCUT2D eigenvalue weighted by Gasteiger charge is -2.44. The third kappa shape index (κ3) is 1.32. The van der Waals surface area contributed by atoms with Gasteiger partial charge in [0, 0.05) is 17.8 Å². The van der Waals surface area contributed by atoms with Gasteiger partial charge in [-0.2, -0.15) is 0 Å². The summed E-state index contributed by atoms with van der Waals surface area (Å²) in [4.78, 5) is 16.6. The van der Waals surface area contributed by atoms with Crippen molar-refractivity contribution in [3.8, 4) is 0 Å². The van der Waals surface area contributed by atoms with Gasteiger partial charge in [-0.25, -0.2) is 4.98 Å². The first-order valence-corrected chi connectivity index (χ1v) is 6.32. The SMILES string of the molecule is NC1(c2nccs2)C=CN2C(=O)C[C@H]2S1. The minimum absolute atomic E-state index is 0.171. The number of thiazole rings is 1. The fourth-order valence-corrected chi connectivity index (χ4v) is 3.86. The van der Waals surface area contributed by atoms with E-state index in [1.54, 1.807) is 40.4 Å². The van der Waals surface area contributed by atoms with Gasteiger partial charge in [0.1, 0.15) is 9.88 Å². The highest BCUT2D eigenvalue weighted by atomic mass is 32.2. The second-order valence-corrected chi connectivity index (χ2v) is 5.87. The van der Waals surface area contributed by atoms with Crippen LogP contribution >= 0.6 is 23.1 Å². The zero-order valence-electron chi connectivity index (χ0n) is 7.79. The second-order valence-electron chi connectivity index (χ2n) is 3.52. The molecule has 0 radical (unpaired) electrons. The predicted molar refractivity (Wildman–Crippen MR) is 60.0 cm³/mol. The first-order chi connectivity index (χ1) is 7.19. The van der Waals surface area contributed by atoms with Gasteiger partial charge in [0.2, 0.25) is 5.91 Å². The number of fused-ring (bicyclic) bond motifs is 1. The maximum Gasteiger partial charge on any atom is 0.230 e. The van der Waals surface area contributed by atoms with E-state index in [-0.39, 0.29) is 11.3 Å². The van der Waals surface area contributed by atoms with Gasteiger partial charge in [-0.05, 0) is 6.08 Å². The lowest BCUT2D eigenvalue weighted by Crippen LogP contribution is -2.53. The molecule has 3 rings (SSSR count). The molecule has 15 heavy (non-hydrogen) atoms. The van der Waals surface area contributed by atoms with Crippen LogP contribution in [0.5, 0.6) is 0 Å². The lowest BCUT2D eigenvalue weighted by atomic mass is 10.2. The van der Waals surface area contributed by atoms with E-state index in [2.05, 4.69) is 4.98 Å². The fourth-order valence-electron chi connectivity index (χ4n) is 1.67. The van der Waals surface area contributed by atoms with Crippen LogP contribution in [0, 0.1) is 0 Å². The maximum absolute atomic E-state index is 11.2. The fraction of sp³-hybridized carbons (Fsp3) is 0.333. The van der Waals surface area contributed by atoms with Crippen LogP contribution in [-0.4, -0.2) is 21.2 Å². The summed E-state index contributed by atoms with van der Waals surface area (Å²) in [5.41, 5.74) is 6.24. The topological polar surface area (TPSA) is 59.2 Å². The lowest BCUT2D eigenvalue weighted by molar-refractivity contribution is -0.137. The Morgan fingerprint density at radius 1 is 1.67 bits per heavy atom. The molecule has 3 heterocycles. The highest BCUT2D eigenvalue weighted by Crippen LogP contribution is 2.46. The number of nitrogens with two attached hydrogens (primary N) is 1. The number of thioether (sulfide) groups is 1. The van der Waals surface area contributed by atoms with Gasteiger partial charge in [0.25, 0.3) is 0 Å². The van der Waals surface area contributed by atoms with Crippen LogP contribution < -0.4 is 5.73 Å². The molecule has 1 amide bonds. The van der Waals surface area contributed by atoms with Gasteiger partial charge in [-0.15, -0.1) is 23.1 Å². The molecule has 2 atom stereocenters. The molecular weight excluding hydrogens is 230 g/mol. The molecule has 0 saturated carbocycles. The van der Waals surface area contributed by atoms with Gasteiger partial charge in [-0.1, -0.05) is 0 Å². The van der Waals surface area contributed by atoms with E-state index in [0.717, 1.165) is 5.01 Å². The van der Waals surface area contributed by atoms with Crippen molar-refractivity contribution in [1.29, 1.82) is 0 Å². The Morgan fingerprint density at radius 3 is 3.13 bits per heavy atom. The van der Waals surface area contributed by atoms with Crippen molar-refractivity contribution in [3.63, 3.8) is 0 Å². The Kier molecular flexibility index (Phi) is 1.92. The van der Waals surface area contributed by atoms with E-state index in [0.29, 0.717) is 6.42 Å². The van der Waals surface area contributed by atoms with Crippen molar-refractivity contribution in [1.82, 2.24) is 9.88 Å². The van der Waals surface area contributed by atoms with Crippen LogP contribution in [-0.2, 0) is 9.67 Å². The van der Waals surface area contributed by atoms with E-state index in [1.165, 1.54) is 0 Å². The Balaban J connectivity index is 1.93. The maximum atomic E-state index is 11.2. The number of rotatable bonds is 1. The molecule has 1 fully saturated rings. The quantitative estimate of drug-likeness (QED) is 0.745. The molecule has 2 aliphatic rings. The second kappa shape index (κ2) is 3.07. The highest BCUT2D eigenvalue weighted by Gasteiger charge is 2.45. The van der Waals surface area contributed by atoms with Crippen molar-refractivity contribution in [2.45, 2.75) is 16.7 Å². The Labute approximate surface area is 95.2 Å². The first-order valence-electron chi connectivity index (χ1n) is 4.56.